The Bertz CT molecular complexity index is 534. The fourth-order valence-corrected chi connectivity index (χ4v) is 2.32. The Morgan fingerprint density at radius 1 is 1.17 bits per heavy atom. The molecule has 0 fully saturated rings. The van der Waals surface area contributed by atoms with Crippen LogP contribution in [0.2, 0.25) is 5.02 Å². The molecule has 128 valence electrons. The second kappa shape index (κ2) is 9.53. The predicted octanol–water partition coefficient (Wildman–Crippen LogP) is 2.64. The van der Waals surface area contributed by atoms with Gasteiger partial charge in [-0.15, -0.1) is 0 Å². The predicted molar refractivity (Wildman–Crippen MR) is 91.6 cm³/mol. The molecule has 0 bridgehead atoms. The molecule has 2 amide bonds. The fraction of sp³-hybridized carbons (Fsp3) is 0.529. The lowest BCUT2D eigenvalue weighted by Crippen LogP contribution is -2.51. The van der Waals surface area contributed by atoms with Gasteiger partial charge in [0.2, 0.25) is 5.91 Å². The van der Waals surface area contributed by atoms with E-state index in [0.29, 0.717) is 23.6 Å². The number of methoxy groups -OCH3 is 1. The van der Waals surface area contributed by atoms with Crippen LogP contribution in [0, 0.1) is 5.92 Å². The van der Waals surface area contributed by atoms with Gasteiger partial charge in [0.15, 0.2) is 0 Å². The molecule has 0 radical (unpaired) electrons. The van der Waals surface area contributed by atoms with Gasteiger partial charge in [-0.3, -0.25) is 9.59 Å². The molecule has 1 rings (SSSR count). The molecule has 6 heteroatoms. The summed E-state index contributed by atoms with van der Waals surface area (Å²) in [4.78, 5) is 24.8. The molecule has 5 nitrogen and oxygen atoms in total. The maximum atomic E-state index is 12.4. The molecule has 0 aliphatic heterocycles. The summed E-state index contributed by atoms with van der Waals surface area (Å²) in [6.07, 6.45) is 0.714. The molecule has 2 atom stereocenters. The van der Waals surface area contributed by atoms with Crippen LogP contribution in [0.25, 0.3) is 0 Å². The zero-order chi connectivity index (χ0) is 17.4. The number of rotatable bonds is 8. The van der Waals surface area contributed by atoms with Crippen molar-refractivity contribution < 1.29 is 14.3 Å². The average molecular weight is 341 g/mol. The molecule has 2 N–H and O–H groups in total. The summed E-state index contributed by atoms with van der Waals surface area (Å²) in [6, 6.07) is 6.12. The molecular weight excluding hydrogens is 316 g/mol. The minimum atomic E-state index is -0.622. The van der Waals surface area contributed by atoms with Gasteiger partial charge in [-0.25, -0.2) is 0 Å². The summed E-state index contributed by atoms with van der Waals surface area (Å²) in [7, 11) is 1.62. The minimum Gasteiger partial charge on any atom is -0.385 e. The van der Waals surface area contributed by atoms with E-state index in [1.165, 1.54) is 0 Å². The molecule has 0 heterocycles. The lowest BCUT2D eigenvalue weighted by Gasteiger charge is -2.24. The van der Waals surface area contributed by atoms with E-state index >= 15 is 0 Å². The van der Waals surface area contributed by atoms with E-state index in [1.807, 2.05) is 20.8 Å². The Balaban J connectivity index is 2.73. The number of benzene rings is 1. The highest BCUT2D eigenvalue weighted by atomic mass is 35.5. The molecule has 23 heavy (non-hydrogen) atoms. The van der Waals surface area contributed by atoms with E-state index in [1.54, 1.807) is 31.4 Å². The van der Waals surface area contributed by atoms with Gasteiger partial charge in [0.25, 0.3) is 5.91 Å². The number of amides is 2. The van der Waals surface area contributed by atoms with E-state index in [2.05, 4.69) is 10.6 Å². The van der Waals surface area contributed by atoms with Gasteiger partial charge < -0.3 is 15.4 Å². The Kier molecular flexibility index (Phi) is 8.06. The van der Waals surface area contributed by atoms with E-state index in [0.717, 1.165) is 0 Å². The standard InChI is InChI=1S/C17H25ClN2O3/c1-11(2)15(17(22)19-12(3)9-10-23-4)20-16(21)13-7-5-6-8-14(13)18/h5-8,11-12,15H,9-10H2,1-4H3,(H,19,22)(H,20,21)/t12-,15+/m1/s1. The molecule has 0 saturated heterocycles. The van der Waals surface area contributed by atoms with Crippen molar-refractivity contribution in [3.63, 3.8) is 0 Å². The van der Waals surface area contributed by atoms with Crippen LogP contribution in [0.4, 0.5) is 0 Å². The van der Waals surface area contributed by atoms with E-state index in [-0.39, 0.29) is 23.8 Å². The summed E-state index contributed by atoms with van der Waals surface area (Å²) in [5, 5.41) is 6.03. The Morgan fingerprint density at radius 2 is 1.83 bits per heavy atom. The van der Waals surface area contributed by atoms with Crippen LogP contribution in [0.5, 0.6) is 0 Å². The normalized spacial score (nSPS) is 13.5. The number of ether oxygens (including phenoxy) is 1. The van der Waals surface area contributed by atoms with Crippen LogP contribution < -0.4 is 10.6 Å². The number of carbonyl (C=O) groups is 2. The van der Waals surface area contributed by atoms with Gasteiger partial charge in [0.1, 0.15) is 6.04 Å². The van der Waals surface area contributed by atoms with Gasteiger partial charge in [-0.1, -0.05) is 37.6 Å². The Hall–Kier alpha value is -1.59. The van der Waals surface area contributed by atoms with Gasteiger partial charge in [0.05, 0.1) is 10.6 Å². The zero-order valence-electron chi connectivity index (χ0n) is 14.1. The van der Waals surface area contributed by atoms with Crippen molar-refractivity contribution in [3.05, 3.63) is 34.9 Å². The quantitative estimate of drug-likeness (QED) is 0.764. The van der Waals surface area contributed by atoms with Crippen molar-refractivity contribution in [2.45, 2.75) is 39.3 Å². The molecule has 0 aliphatic carbocycles. The van der Waals surface area contributed by atoms with Gasteiger partial charge in [0, 0.05) is 19.8 Å². The van der Waals surface area contributed by atoms with E-state index in [9.17, 15) is 9.59 Å². The molecule has 1 aromatic carbocycles. The fourth-order valence-electron chi connectivity index (χ4n) is 2.10. The SMILES string of the molecule is COCC[C@@H](C)NC(=O)[C@@H](NC(=O)c1ccccc1Cl)C(C)C. The second-order valence-electron chi connectivity index (χ2n) is 5.87. The number of hydrogen-bond donors (Lipinski definition) is 2. The maximum absolute atomic E-state index is 12.4. The number of hydrogen-bond acceptors (Lipinski definition) is 3. The van der Waals surface area contributed by atoms with Crippen LogP contribution >= 0.6 is 11.6 Å². The summed E-state index contributed by atoms with van der Waals surface area (Å²) in [5.74, 6) is -0.603. The average Bonchev–Trinajstić information content (AvgIpc) is 2.50. The molecule has 0 saturated carbocycles. The summed E-state index contributed by atoms with van der Waals surface area (Å²) < 4.78 is 5.00. The highest BCUT2D eigenvalue weighted by Gasteiger charge is 2.26. The molecule has 1 aromatic rings. The molecular formula is C17H25ClN2O3. The van der Waals surface area contributed by atoms with Crippen molar-refractivity contribution in [1.29, 1.82) is 0 Å². The first-order valence-electron chi connectivity index (χ1n) is 7.71. The number of halogens is 1. The van der Waals surface area contributed by atoms with E-state index in [4.69, 9.17) is 16.3 Å². The van der Waals surface area contributed by atoms with E-state index < -0.39 is 6.04 Å². The zero-order valence-corrected chi connectivity index (χ0v) is 14.8. The highest BCUT2D eigenvalue weighted by Crippen LogP contribution is 2.15. The third-order valence-corrected chi connectivity index (χ3v) is 3.83. The lowest BCUT2D eigenvalue weighted by molar-refractivity contribution is -0.124. The molecule has 0 aromatic heterocycles. The van der Waals surface area contributed by atoms with Crippen molar-refractivity contribution in [2.75, 3.05) is 13.7 Å². The summed E-state index contributed by atoms with van der Waals surface area (Å²) >= 11 is 6.03. The van der Waals surface area contributed by atoms with Crippen molar-refractivity contribution in [3.8, 4) is 0 Å². The van der Waals surface area contributed by atoms with Crippen LogP contribution in [0.15, 0.2) is 24.3 Å². The maximum Gasteiger partial charge on any atom is 0.253 e. The first kappa shape index (κ1) is 19.5. The number of carbonyl (C=O) groups excluding carboxylic acids is 2. The van der Waals surface area contributed by atoms with Crippen molar-refractivity contribution >= 4 is 23.4 Å². The van der Waals surface area contributed by atoms with Crippen LogP contribution in [0.1, 0.15) is 37.6 Å². The summed E-state index contributed by atoms with van der Waals surface area (Å²) in [5.41, 5.74) is 0.361. The summed E-state index contributed by atoms with van der Waals surface area (Å²) in [6.45, 7) is 6.25. The Morgan fingerprint density at radius 3 is 2.39 bits per heavy atom. The highest BCUT2D eigenvalue weighted by molar-refractivity contribution is 6.33. The monoisotopic (exact) mass is 340 g/mol. The smallest absolute Gasteiger partial charge is 0.253 e. The van der Waals surface area contributed by atoms with Crippen molar-refractivity contribution in [2.24, 2.45) is 5.92 Å². The van der Waals surface area contributed by atoms with Crippen LogP contribution in [0.3, 0.4) is 0 Å². The first-order valence-corrected chi connectivity index (χ1v) is 8.09. The van der Waals surface area contributed by atoms with Gasteiger partial charge in [-0.2, -0.15) is 0 Å². The third kappa shape index (κ3) is 6.20. The third-order valence-electron chi connectivity index (χ3n) is 3.50. The second-order valence-corrected chi connectivity index (χ2v) is 6.27. The number of nitrogens with one attached hydrogen (secondary N) is 2. The largest absolute Gasteiger partial charge is 0.385 e. The molecule has 0 unspecified atom stereocenters. The lowest BCUT2D eigenvalue weighted by atomic mass is 10.0. The Labute approximate surface area is 142 Å². The topological polar surface area (TPSA) is 67.4 Å². The molecule has 0 aliphatic rings. The van der Waals surface area contributed by atoms with Crippen LogP contribution in [-0.4, -0.2) is 37.6 Å². The van der Waals surface area contributed by atoms with Gasteiger partial charge in [-0.05, 0) is 31.4 Å². The van der Waals surface area contributed by atoms with Crippen LogP contribution in [-0.2, 0) is 9.53 Å². The minimum absolute atomic E-state index is 0.0269. The first-order chi connectivity index (χ1) is 10.9. The van der Waals surface area contributed by atoms with Crippen molar-refractivity contribution in [1.82, 2.24) is 10.6 Å². The molecule has 0 spiro atoms. The van der Waals surface area contributed by atoms with Gasteiger partial charge >= 0.3 is 0 Å².